The van der Waals surface area contributed by atoms with E-state index in [1.165, 1.54) is 5.56 Å². The second-order valence-corrected chi connectivity index (χ2v) is 7.21. The first-order valence-corrected chi connectivity index (χ1v) is 10.1. The van der Waals surface area contributed by atoms with E-state index in [1.54, 1.807) is 4.57 Å². The Morgan fingerprint density at radius 2 is 1.76 bits per heavy atom. The predicted molar refractivity (Wildman–Crippen MR) is 113 cm³/mol. The monoisotopic (exact) mass is 392 g/mol. The molecule has 152 valence electrons. The third-order valence-corrected chi connectivity index (χ3v) is 5.42. The number of aliphatic carboxylic acids is 1. The summed E-state index contributed by atoms with van der Waals surface area (Å²) in [5.74, 6) is -0.0459. The van der Waals surface area contributed by atoms with Gasteiger partial charge >= 0.3 is 5.97 Å². The van der Waals surface area contributed by atoms with E-state index in [2.05, 4.69) is 18.0 Å². The maximum absolute atomic E-state index is 12.1. The fourth-order valence-corrected chi connectivity index (χ4v) is 3.48. The molecule has 0 saturated heterocycles. The number of aromatic nitrogens is 2. The van der Waals surface area contributed by atoms with Crippen molar-refractivity contribution in [1.29, 1.82) is 0 Å². The summed E-state index contributed by atoms with van der Waals surface area (Å²) in [6.45, 7) is 4.57. The first-order valence-electron chi connectivity index (χ1n) is 10.1. The van der Waals surface area contributed by atoms with Crippen molar-refractivity contribution in [3.63, 3.8) is 0 Å². The lowest BCUT2D eigenvalue weighted by molar-refractivity contribution is -0.147. The molecule has 1 aromatic carbocycles. The van der Waals surface area contributed by atoms with Crippen molar-refractivity contribution in [1.82, 2.24) is 9.55 Å². The van der Waals surface area contributed by atoms with Crippen molar-refractivity contribution in [2.45, 2.75) is 45.1 Å². The molecule has 3 rings (SSSR count). The van der Waals surface area contributed by atoms with E-state index in [0.717, 1.165) is 29.8 Å². The second-order valence-electron chi connectivity index (χ2n) is 7.21. The van der Waals surface area contributed by atoms with Crippen molar-refractivity contribution >= 4 is 5.97 Å². The van der Waals surface area contributed by atoms with Crippen LogP contribution in [0.25, 0.3) is 0 Å². The lowest BCUT2D eigenvalue weighted by atomic mass is 9.88. The summed E-state index contributed by atoms with van der Waals surface area (Å²) in [5, 5.41) is 9.92. The molecule has 0 aliphatic rings. The number of nitrogens with zero attached hydrogens (tertiary/aromatic N) is 2. The van der Waals surface area contributed by atoms with Gasteiger partial charge in [0.2, 0.25) is 0 Å². The average molecular weight is 392 g/mol. The zero-order valence-electron chi connectivity index (χ0n) is 17.0. The Labute approximate surface area is 172 Å². The highest BCUT2D eigenvalue weighted by Gasteiger charge is 2.38. The van der Waals surface area contributed by atoms with Gasteiger partial charge in [-0.25, -0.2) is 4.79 Å². The van der Waals surface area contributed by atoms with Crippen LogP contribution in [-0.2, 0) is 29.6 Å². The van der Waals surface area contributed by atoms with Gasteiger partial charge in [0, 0.05) is 37.1 Å². The molecular weight excluding hydrogens is 364 g/mol. The van der Waals surface area contributed by atoms with Gasteiger partial charge in [-0.15, -0.1) is 0 Å². The van der Waals surface area contributed by atoms with Crippen molar-refractivity contribution in [3.8, 4) is 5.75 Å². The van der Waals surface area contributed by atoms with Gasteiger partial charge in [-0.05, 0) is 54.3 Å². The van der Waals surface area contributed by atoms with Gasteiger partial charge in [0.05, 0.1) is 6.61 Å². The lowest BCUT2D eigenvalue weighted by Gasteiger charge is -2.30. The molecule has 0 unspecified atom stereocenters. The molecule has 2 heterocycles. The molecule has 5 nitrogen and oxygen atoms in total. The number of carbonyl (C=O) groups is 1. The Kier molecular flexibility index (Phi) is 6.70. The van der Waals surface area contributed by atoms with Gasteiger partial charge in [0.25, 0.3) is 0 Å². The molecule has 0 amide bonds. The summed E-state index contributed by atoms with van der Waals surface area (Å²) in [6.07, 6.45) is 8.20. The lowest BCUT2D eigenvalue weighted by Crippen LogP contribution is -2.42. The SMILES string of the molecule is CCc1ccc(CCOc2ccc(C[C@](CC)(C(=O)O)n3cccc3)cc2)nc1. The van der Waals surface area contributed by atoms with Crippen LogP contribution in [0.4, 0.5) is 0 Å². The van der Waals surface area contributed by atoms with E-state index in [4.69, 9.17) is 4.74 Å². The van der Waals surface area contributed by atoms with E-state index < -0.39 is 11.5 Å². The molecule has 0 aliphatic carbocycles. The van der Waals surface area contributed by atoms with Gasteiger partial charge in [-0.3, -0.25) is 4.98 Å². The number of ether oxygens (including phenoxy) is 1. The number of carboxylic acid groups (broad SMARTS) is 1. The maximum Gasteiger partial charge on any atom is 0.330 e. The molecule has 3 aromatic rings. The third kappa shape index (κ3) is 4.86. The maximum atomic E-state index is 12.1. The average Bonchev–Trinajstić information content (AvgIpc) is 3.29. The van der Waals surface area contributed by atoms with Crippen LogP contribution in [0, 0.1) is 0 Å². The Morgan fingerprint density at radius 1 is 1.07 bits per heavy atom. The minimum atomic E-state index is -0.984. The van der Waals surface area contributed by atoms with Gasteiger partial charge < -0.3 is 14.4 Å². The predicted octanol–water partition coefficient (Wildman–Crippen LogP) is 4.50. The normalized spacial score (nSPS) is 13.0. The van der Waals surface area contributed by atoms with Crippen molar-refractivity contribution in [2.75, 3.05) is 6.61 Å². The Balaban J connectivity index is 1.61. The molecule has 5 heteroatoms. The van der Waals surface area contributed by atoms with Crippen LogP contribution in [0.15, 0.2) is 67.1 Å². The Bertz CT molecular complexity index is 902. The summed E-state index contributed by atoms with van der Waals surface area (Å²) >= 11 is 0. The number of hydrogen-bond acceptors (Lipinski definition) is 3. The number of rotatable bonds is 10. The van der Waals surface area contributed by atoms with Gasteiger partial charge in [-0.2, -0.15) is 0 Å². The molecule has 2 aromatic heterocycles. The number of carboxylic acids is 1. The molecule has 1 atom stereocenters. The number of benzene rings is 1. The van der Waals surface area contributed by atoms with E-state index in [1.807, 2.05) is 68.0 Å². The van der Waals surface area contributed by atoms with Crippen molar-refractivity contribution in [3.05, 3.63) is 83.9 Å². The highest BCUT2D eigenvalue weighted by molar-refractivity contribution is 5.77. The highest BCUT2D eigenvalue weighted by atomic mass is 16.5. The Morgan fingerprint density at radius 3 is 2.31 bits per heavy atom. The highest BCUT2D eigenvalue weighted by Crippen LogP contribution is 2.28. The summed E-state index contributed by atoms with van der Waals surface area (Å²) in [5.41, 5.74) is 2.23. The van der Waals surface area contributed by atoms with Gasteiger partial charge in [0.15, 0.2) is 0 Å². The van der Waals surface area contributed by atoms with Crippen LogP contribution in [-0.4, -0.2) is 27.2 Å². The van der Waals surface area contributed by atoms with E-state index in [0.29, 0.717) is 19.4 Å². The summed E-state index contributed by atoms with van der Waals surface area (Å²) in [6, 6.07) is 15.6. The Hall–Kier alpha value is -3.08. The first kappa shape index (κ1) is 20.6. The smallest absolute Gasteiger partial charge is 0.330 e. The largest absolute Gasteiger partial charge is 0.493 e. The standard InChI is InChI=1S/C24H28N2O3/c1-3-19-7-10-21(25-18-19)13-16-29-22-11-8-20(9-12-22)17-24(4-2,23(27)28)26-14-5-6-15-26/h5-12,14-15,18H,3-4,13,16-17H2,1-2H3,(H,27,28)/t24-/m1/s1. The molecule has 0 bridgehead atoms. The van der Waals surface area contributed by atoms with Crippen LogP contribution in [0.1, 0.15) is 37.1 Å². The van der Waals surface area contributed by atoms with Crippen molar-refractivity contribution < 1.29 is 14.6 Å². The van der Waals surface area contributed by atoms with E-state index in [9.17, 15) is 9.90 Å². The molecule has 0 radical (unpaired) electrons. The minimum absolute atomic E-state index is 0.418. The summed E-state index contributed by atoms with van der Waals surface area (Å²) < 4.78 is 7.62. The fourth-order valence-electron chi connectivity index (χ4n) is 3.48. The van der Waals surface area contributed by atoms with Crippen LogP contribution in [0.5, 0.6) is 5.75 Å². The van der Waals surface area contributed by atoms with Crippen LogP contribution >= 0.6 is 0 Å². The molecule has 0 aliphatic heterocycles. The quantitative estimate of drug-likeness (QED) is 0.552. The third-order valence-electron chi connectivity index (χ3n) is 5.42. The number of aryl methyl sites for hydroxylation is 1. The number of hydrogen-bond donors (Lipinski definition) is 1. The fraction of sp³-hybridized carbons (Fsp3) is 0.333. The molecule has 29 heavy (non-hydrogen) atoms. The topological polar surface area (TPSA) is 64.3 Å². The van der Waals surface area contributed by atoms with Gasteiger partial charge in [0.1, 0.15) is 11.3 Å². The second kappa shape index (κ2) is 9.41. The van der Waals surface area contributed by atoms with Gasteiger partial charge in [-0.1, -0.05) is 32.0 Å². The van der Waals surface area contributed by atoms with Crippen LogP contribution in [0.2, 0.25) is 0 Å². The summed E-state index contributed by atoms with van der Waals surface area (Å²) in [4.78, 5) is 16.5. The van der Waals surface area contributed by atoms with E-state index in [-0.39, 0.29) is 0 Å². The summed E-state index contributed by atoms with van der Waals surface area (Å²) in [7, 11) is 0. The van der Waals surface area contributed by atoms with Crippen molar-refractivity contribution in [2.24, 2.45) is 0 Å². The molecular formula is C24H28N2O3. The zero-order chi connectivity index (χ0) is 20.7. The molecule has 1 N–H and O–H groups in total. The first-order chi connectivity index (χ1) is 14.1. The van der Waals surface area contributed by atoms with Crippen LogP contribution in [0.3, 0.4) is 0 Å². The molecule has 0 saturated carbocycles. The van der Waals surface area contributed by atoms with E-state index >= 15 is 0 Å². The zero-order valence-corrected chi connectivity index (χ0v) is 17.0. The van der Waals surface area contributed by atoms with Crippen LogP contribution < -0.4 is 4.74 Å². The minimum Gasteiger partial charge on any atom is -0.493 e. The number of pyridine rings is 1. The molecule has 0 fully saturated rings. The molecule has 0 spiro atoms.